The molecule has 1 aliphatic rings. The summed E-state index contributed by atoms with van der Waals surface area (Å²) < 4.78 is 0. The number of carbonyl (C=O) groups excluding carboxylic acids is 1. The van der Waals surface area contributed by atoms with Crippen molar-refractivity contribution in [1.82, 2.24) is 0 Å². The highest BCUT2D eigenvalue weighted by molar-refractivity contribution is 5.91. The maximum atomic E-state index is 12.0. The molecule has 19 heavy (non-hydrogen) atoms. The number of nitrogens with one attached hydrogen (secondary N) is 1. The highest BCUT2D eigenvalue weighted by Gasteiger charge is 2.37. The summed E-state index contributed by atoms with van der Waals surface area (Å²) in [5.74, 6) is 0.600. The molecule has 3 nitrogen and oxygen atoms in total. The summed E-state index contributed by atoms with van der Waals surface area (Å²) in [5, 5.41) is 2.97. The van der Waals surface area contributed by atoms with Gasteiger partial charge in [0.05, 0.1) is 0 Å². The Morgan fingerprint density at radius 2 is 1.95 bits per heavy atom. The number of hydrogen-bond acceptors (Lipinski definition) is 2. The van der Waals surface area contributed by atoms with Gasteiger partial charge in [-0.2, -0.15) is 0 Å². The van der Waals surface area contributed by atoms with E-state index in [0.29, 0.717) is 18.9 Å². The van der Waals surface area contributed by atoms with Gasteiger partial charge in [0.1, 0.15) is 0 Å². The van der Waals surface area contributed by atoms with Crippen LogP contribution in [0, 0.1) is 5.41 Å². The van der Waals surface area contributed by atoms with Gasteiger partial charge in [0.15, 0.2) is 0 Å². The predicted octanol–water partition coefficient (Wildman–Crippen LogP) is 3.27. The van der Waals surface area contributed by atoms with Crippen LogP contribution in [0.15, 0.2) is 24.3 Å². The van der Waals surface area contributed by atoms with E-state index >= 15 is 0 Å². The molecule has 2 rings (SSSR count). The lowest BCUT2D eigenvalue weighted by Gasteiger charge is -2.40. The van der Waals surface area contributed by atoms with Gasteiger partial charge in [-0.15, -0.1) is 0 Å². The van der Waals surface area contributed by atoms with E-state index in [9.17, 15) is 4.79 Å². The van der Waals surface area contributed by atoms with Gasteiger partial charge in [-0.1, -0.05) is 32.4 Å². The number of anilines is 1. The van der Waals surface area contributed by atoms with Crippen LogP contribution in [0.3, 0.4) is 0 Å². The second-order valence-corrected chi connectivity index (χ2v) is 6.06. The van der Waals surface area contributed by atoms with E-state index in [0.717, 1.165) is 18.5 Å². The van der Waals surface area contributed by atoms with Gasteiger partial charge < -0.3 is 11.1 Å². The first-order chi connectivity index (χ1) is 9.04. The summed E-state index contributed by atoms with van der Waals surface area (Å²) in [4.78, 5) is 12.0. The normalized spacial score (nSPS) is 17.1. The van der Waals surface area contributed by atoms with Crippen molar-refractivity contribution in [3.8, 4) is 0 Å². The number of benzene rings is 1. The molecule has 1 aliphatic carbocycles. The highest BCUT2D eigenvalue weighted by Crippen LogP contribution is 2.43. The van der Waals surface area contributed by atoms with Crippen LogP contribution in [0.1, 0.15) is 51.0 Å². The monoisotopic (exact) mass is 260 g/mol. The van der Waals surface area contributed by atoms with E-state index in [4.69, 9.17) is 5.73 Å². The van der Waals surface area contributed by atoms with Crippen LogP contribution in [0.25, 0.3) is 0 Å². The second kappa shape index (κ2) is 5.74. The second-order valence-electron chi connectivity index (χ2n) is 6.06. The molecule has 1 fully saturated rings. The van der Waals surface area contributed by atoms with Gasteiger partial charge in [-0.25, -0.2) is 0 Å². The number of carbonyl (C=O) groups is 1. The number of hydrogen-bond donors (Lipinski definition) is 2. The summed E-state index contributed by atoms with van der Waals surface area (Å²) in [7, 11) is 0. The third-order valence-corrected chi connectivity index (χ3v) is 4.24. The van der Waals surface area contributed by atoms with E-state index in [1.54, 1.807) is 0 Å². The van der Waals surface area contributed by atoms with Crippen molar-refractivity contribution in [2.24, 2.45) is 11.1 Å². The van der Waals surface area contributed by atoms with Crippen LogP contribution in [0.5, 0.6) is 0 Å². The molecule has 0 unspecified atom stereocenters. The Labute approximate surface area is 115 Å². The number of nitrogens with two attached hydrogens (primary N) is 1. The lowest BCUT2D eigenvalue weighted by molar-refractivity contribution is -0.119. The zero-order chi connectivity index (χ0) is 13.9. The van der Waals surface area contributed by atoms with E-state index in [1.165, 1.54) is 12.0 Å². The highest BCUT2D eigenvalue weighted by atomic mass is 16.1. The van der Waals surface area contributed by atoms with Crippen molar-refractivity contribution >= 4 is 11.6 Å². The Balaban J connectivity index is 1.91. The van der Waals surface area contributed by atoms with Crippen LogP contribution < -0.4 is 11.1 Å². The summed E-state index contributed by atoms with van der Waals surface area (Å²) in [6.07, 6.45) is 3.93. The zero-order valence-corrected chi connectivity index (χ0v) is 11.9. The average molecular weight is 260 g/mol. The lowest BCUT2D eigenvalue weighted by Crippen LogP contribution is -2.40. The van der Waals surface area contributed by atoms with Gasteiger partial charge >= 0.3 is 0 Å². The van der Waals surface area contributed by atoms with Gasteiger partial charge in [-0.3, -0.25) is 4.79 Å². The summed E-state index contributed by atoms with van der Waals surface area (Å²) in [6.45, 7) is 4.94. The maximum Gasteiger partial charge on any atom is 0.224 e. The number of rotatable bonds is 5. The molecule has 0 heterocycles. The van der Waals surface area contributed by atoms with Crippen LogP contribution >= 0.6 is 0 Å². The first kappa shape index (κ1) is 14.1. The Bertz CT molecular complexity index is 427. The molecular weight excluding hydrogens is 236 g/mol. The van der Waals surface area contributed by atoms with E-state index in [1.807, 2.05) is 12.1 Å². The number of amides is 1. The van der Waals surface area contributed by atoms with Crippen molar-refractivity contribution in [2.45, 2.75) is 45.4 Å². The van der Waals surface area contributed by atoms with Crippen LogP contribution in [0.4, 0.5) is 5.69 Å². The molecule has 0 spiro atoms. The Morgan fingerprint density at radius 1 is 1.32 bits per heavy atom. The molecule has 1 amide bonds. The molecule has 1 aromatic rings. The summed E-state index contributed by atoms with van der Waals surface area (Å²) in [6, 6.07) is 8.09. The third kappa shape index (κ3) is 3.35. The molecule has 3 heteroatoms. The van der Waals surface area contributed by atoms with Gasteiger partial charge in [0.2, 0.25) is 5.91 Å². The van der Waals surface area contributed by atoms with Crippen LogP contribution in [0.2, 0.25) is 0 Å². The standard InChI is InChI=1S/C16H24N2O/c1-12(2)13-4-6-14(7-5-13)18-15(19)10-16(11-17)8-3-9-16/h4-7,12H,3,8-11,17H2,1-2H3,(H,18,19). The van der Waals surface area contributed by atoms with Gasteiger partial charge in [0, 0.05) is 12.1 Å². The SMILES string of the molecule is CC(C)c1ccc(NC(=O)CC2(CN)CCC2)cc1. The predicted molar refractivity (Wildman–Crippen MR) is 79.1 cm³/mol. The molecule has 0 aliphatic heterocycles. The molecule has 1 saturated carbocycles. The average Bonchev–Trinajstić information content (AvgIpc) is 2.34. The molecule has 0 saturated heterocycles. The Hall–Kier alpha value is -1.35. The summed E-state index contributed by atoms with van der Waals surface area (Å²) >= 11 is 0. The Kier molecular flexibility index (Phi) is 4.25. The third-order valence-electron chi connectivity index (χ3n) is 4.24. The Morgan fingerprint density at radius 3 is 2.37 bits per heavy atom. The van der Waals surface area contributed by atoms with Crippen LogP contribution in [-0.2, 0) is 4.79 Å². The van der Waals surface area contributed by atoms with E-state index in [2.05, 4.69) is 31.3 Å². The molecule has 1 aromatic carbocycles. The van der Waals surface area contributed by atoms with Crippen molar-refractivity contribution in [2.75, 3.05) is 11.9 Å². The minimum Gasteiger partial charge on any atom is -0.330 e. The van der Waals surface area contributed by atoms with Crippen molar-refractivity contribution in [1.29, 1.82) is 0 Å². The largest absolute Gasteiger partial charge is 0.330 e. The molecule has 0 aromatic heterocycles. The smallest absolute Gasteiger partial charge is 0.224 e. The maximum absolute atomic E-state index is 12.0. The van der Waals surface area contributed by atoms with Gasteiger partial charge in [0.25, 0.3) is 0 Å². The first-order valence-corrected chi connectivity index (χ1v) is 7.14. The molecule has 0 radical (unpaired) electrons. The fourth-order valence-electron chi connectivity index (χ4n) is 2.63. The quantitative estimate of drug-likeness (QED) is 0.853. The van der Waals surface area contributed by atoms with E-state index in [-0.39, 0.29) is 11.3 Å². The minimum atomic E-state index is 0.0714. The molecule has 104 valence electrons. The molecule has 0 atom stereocenters. The molecule has 0 bridgehead atoms. The molecular formula is C16H24N2O. The summed E-state index contributed by atoms with van der Waals surface area (Å²) in [5.41, 5.74) is 8.02. The van der Waals surface area contributed by atoms with Crippen molar-refractivity contribution in [3.05, 3.63) is 29.8 Å². The van der Waals surface area contributed by atoms with Crippen molar-refractivity contribution in [3.63, 3.8) is 0 Å². The fourth-order valence-corrected chi connectivity index (χ4v) is 2.63. The van der Waals surface area contributed by atoms with E-state index < -0.39 is 0 Å². The topological polar surface area (TPSA) is 55.1 Å². The zero-order valence-electron chi connectivity index (χ0n) is 11.9. The fraction of sp³-hybridized carbons (Fsp3) is 0.562. The van der Waals surface area contributed by atoms with Gasteiger partial charge in [-0.05, 0) is 48.4 Å². The lowest BCUT2D eigenvalue weighted by atomic mass is 9.66. The van der Waals surface area contributed by atoms with Crippen molar-refractivity contribution < 1.29 is 4.79 Å². The molecule has 3 N–H and O–H groups in total. The minimum absolute atomic E-state index is 0.0714. The van der Waals surface area contributed by atoms with Crippen LogP contribution in [-0.4, -0.2) is 12.5 Å². The first-order valence-electron chi connectivity index (χ1n) is 7.14.